The van der Waals surface area contributed by atoms with E-state index in [4.69, 9.17) is 21.1 Å². The van der Waals surface area contributed by atoms with Gasteiger partial charge >= 0.3 is 5.97 Å². The normalized spacial score (nSPS) is 28.4. The summed E-state index contributed by atoms with van der Waals surface area (Å²) in [5.74, 6) is -3.94. The summed E-state index contributed by atoms with van der Waals surface area (Å²) in [4.78, 5) is 57.5. The number of esters is 1. The molecule has 2 bridgehead atoms. The van der Waals surface area contributed by atoms with E-state index >= 15 is 0 Å². The van der Waals surface area contributed by atoms with Crippen molar-refractivity contribution in [2.24, 2.45) is 17.8 Å². The fourth-order valence-corrected chi connectivity index (χ4v) is 7.93. The molecule has 3 aliphatic heterocycles. The number of amides is 3. The van der Waals surface area contributed by atoms with E-state index < -0.39 is 59.5 Å². The molecule has 12 heteroatoms. The second-order valence-corrected chi connectivity index (χ2v) is 13.6. The number of aliphatic hydroxyl groups excluding tert-OH is 1. The molecular weight excluding hydrogens is 654 g/mol. The lowest BCUT2D eigenvalue weighted by molar-refractivity contribution is -0.159. The van der Waals surface area contributed by atoms with E-state index in [-0.39, 0.29) is 42.8 Å². The average molecular weight is 695 g/mol. The molecule has 4 rings (SSSR count). The summed E-state index contributed by atoms with van der Waals surface area (Å²) in [5.41, 5.74) is -0.916. The molecule has 44 heavy (non-hydrogen) atoms. The summed E-state index contributed by atoms with van der Waals surface area (Å²) in [5, 5.41) is 13.6. The number of alkyl halides is 1. The van der Waals surface area contributed by atoms with Crippen LogP contribution >= 0.6 is 27.5 Å². The molecule has 0 saturated carbocycles. The lowest BCUT2D eigenvalue weighted by Crippen LogP contribution is -2.60. The minimum Gasteiger partial charge on any atom is -0.460 e. The van der Waals surface area contributed by atoms with E-state index in [1.807, 2.05) is 13.8 Å². The van der Waals surface area contributed by atoms with Gasteiger partial charge in [-0.1, -0.05) is 65.7 Å². The summed E-state index contributed by atoms with van der Waals surface area (Å²) in [7, 11) is 0. The van der Waals surface area contributed by atoms with Crippen LogP contribution in [0, 0.1) is 17.8 Å². The average Bonchev–Trinajstić information content (AvgIpc) is 3.57. The minimum absolute atomic E-state index is 0.100. The van der Waals surface area contributed by atoms with Crippen LogP contribution in [-0.2, 0) is 28.7 Å². The first kappa shape index (κ1) is 34.1. The Hall–Kier alpha value is -2.73. The number of hydrogen-bond donors (Lipinski definition) is 2. The Labute approximate surface area is 271 Å². The maximum atomic E-state index is 14.7. The Kier molecular flexibility index (Phi) is 11.0. The Balaban J connectivity index is 1.70. The zero-order chi connectivity index (χ0) is 32.3. The monoisotopic (exact) mass is 693 g/mol. The van der Waals surface area contributed by atoms with Gasteiger partial charge < -0.3 is 29.7 Å². The Morgan fingerprint density at radius 1 is 1.27 bits per heavy atom. The van der Waals surface area contributed by atoms with Gasteiger partial charge in [0.1, 0.15) is 17.7 Å². The van der Waals surface area contributed by atoms with Gasteiger partial charge in [0.2, 0.25) is 11.8 Å². The molecule has 8 atom stereocenters. The van der Waals surface area contributed by atoms with Crippen molar-refractivity contribution >= 4 is 56.9 Å². The predicted molar refractivity (Wildman–Crippen MR) is 170 cm³/mol. The van der Waals surface area contributed by atoms with Crippen LogP contribution in [0.25, 0.3) is 0 Å². The first-order valence-electron chi connectivity index (χ1n) is 14.9. The van der Waals surface area contributed by atoms with Crippen molar-refractivity contribution in [3.63, 3.8) is 0 Å². The molecule has 3 fully saturated rings. The highest BCUT2D eigenvalue weighted by Crippen LogP contribution is 2.61. The van der Waals surface area contributed by atoms with Gasteiger partial charge in [0.15, 0.2) is 0 Å². The molecule has 0 radical (unpaired) electrons. The SMILES string of the molecule is C=CCCC(=O)NC[C@@H](C)OC(=O)[C@H]1[C@@H]2O[C@@]3(CC2Br)[C@@H]1C(=O)N([C@@H](CO)C(C)C)[C@@H]3C(=O)N(CC=C)c1ccccc1Cl. The van der Waals surface area contributed by atoms with Crippen LogP contribution in [0.15, 0.2) is 49.6 Å². The number of para-hydroxylation sites is 1. The highest BCUT2D eigenvalue weighted by Gasteiger charge is 2.77. The van der Waals surface area contributed by atoms with Crippen LogP contribution in [-0.4, -0.2) is 88.1 Å². The van der Waals surface area contributed by atoms with Crippen LogP contribution in [0.3, 0.4) is 0 Å². The van der Waals surface area contributed by atoms with Gasteiger partial charge in [-0.15, -0.1) is 13.2 Å². The lowest BCUT2D eigenvalue weighted by atomic mass is 9.70. The van der Waals surface area contributed by atoms with E-state index in [0.29, 0.717) is 23.6 Å². The van der Waals surface area contributed by atoms with Crippen molar-refractivity contribution in [3.8, 4) is 0 Å². The minimum atomic E-state index is -1.36. The lowest BCUT2D eigenvalue weighted by Gasteiger charge is -2.40. The maximum absolute atomic E-state index is 14.7. The molecule has 3 heterocycles. The Bertz CT molecular complexity index is 1290. The number of ether oxygens (including phenoxy) is 2. The number of carbonyl (C=O) groups excluding carboxylic acids is 4. The van der Waals surface area contributed by atoms with Crippen molar-refractivity contribution in [1.82, 2.24) is 10.2 Å². The number of aliphatic hydroxyl groups is 1. The molecule has 240 valence electrons. The quantitative estimate of drug-likeness (QED) is 0.173. The number of nitrogens with one attached hydrogen (secondary N) is 1. The van der Waals surface area contributed by atoms with Crippen LogP contribution in [0.1, 0.15) is 40.0 Å². The van der Waals surface area contributed by atoms with Gasteiger partial charge in [-0.25, -0.2) is 0 Å². The second-order valence-electron chi connectivity index (χ2n) is 12.0. The third-order valence-corrected chi connectivity index (χ3v) is 9.91. The molecule has 1 spiro atoms. The maximum Gasteiger partial charge on any atom is 0.312 e. The van der Waals surface area contributed by atoms with Gasteiger partial charge in [-0.3, -0.25) is 19.2 Å². The van der Waals surface area contributed by atoms with Gasteiger partial charge in [-0.05, 0) is 37.8 Å². The molecule has 3 aliphatic rings. The number of benzene rings is 1. The number of nitrogens with zero attached hydrogens (tertiary/aromatic N) is 2. The molecule has 0 aliphatic carbocycles. The van der Waals surface area contributed by atoms with E-state index in [0.717, 1.165) is 0 Å². The van der Waals surface area contributed by atoms with Crippen LogP contribution < -0.4 is 10.2 Å². The zero-order valence-corrected chi connectivity index (χ0v) is 27.6. The topological polar surface area (TPSA) is 125 Å². The summed E-state index contributed by atoms with van der Waals surface area (Å²) < 4.78 is 12.3. The van der Waals surface area contributed by atoms with Crippen molar-refractivity contribution in [1.29, 1.82) is 0 Å². The van der Waals surface area contributed by atoms with Gasteiger partial charge in [-0.2, -0.15) is 0 Å². The van der Waals surface area contributed by atoms with Gasteiger partial charge in [0.25, 0.3) is 5.91 Å². The standard InChI is InChI=1S/C32H41BrClN3O7/c1-6-8-13-24(39)35-16-19(5)43-31(42)25-26-29(40)37(23(17-38)18(3)4)28(32(26)15-20(33)27(25)44-32)30(41)36(14-7-2)22-12-10-9-11-21(22)34/h6-7,9-12,18-20,23,25-28,38H,1-2,8,13-17H2,3-5H3,(H,35,39)/t19-,20?,23+,25-,26+,27-,28-,32+/m1/s1. The molecule has 0 aromatic heterocycles. The highest BCUT2D eigenvalue weighted by molar-refractivity contribution is 9.09. The van der Waals surface area contributed by atoms with Crippen LogP contribution in [0.4, 0.5) is 5.69 Å². The van der Waals surface area contributed by atoms with Crippen molar-refractivity contribution in [3.05, 3.63) is 54.6 Å². The molecular formula is C32H41BrClN3O7. The molecule has 3 amide bonds. The number of anilines is 1. The number of allylic oxidation sites excluding steroid dienone is 1. The Morgan fingerprint density at radius 2 is 1.98 bits per heavy atom. The number of likely N-dealkylation sites (tertiary alicyclic amines) is 1. The predicted octanol–water partition coefficient (Wildman–Crippen LogP) is 3.64. The summed E-state index contributed by atoms with van der Waals surface area (Å²) in [6.07, 6.45) is 2.92. The molecule has 10 nitrogen and oxygen atoms in total. The molecule has 1 aromatic carbocycles. The number of rotatable bonds is 14. The molecule has 2 N–H and O–H groups in total. The summed E-state index contributed by atoms with van der Waals surface area (Å²) in [6.45, 7) is 12.6. The van der Waals surface area contributed by atoms with E-state index in [1.54, 1.807) is 43.3 Å². The summed E-state index contributed by atoms with van der Waals surface area (Å²) in [6, 6.07) is 5.03. The highest BCUT2D eigenvalue weighted by atomic mass is 79.9. The van der Waals surface area contributed by atoms with E-state index in [1.165, 1.54) is 9.80 Å². The van der Waals surface area contributed by atoms with Gasteiger partial charge in [0, 0.05) is 17.8 Å². The first-order valence-corrected chi connectivity index (χ1v) is 16.2. The fraction of sp³-hybridized carbons (Fsp3) is 0.562. The molecule has 1 aromatic rings. The third-order valence-electron chi connectivity index (χ3n) is 8.75. The number of fused-ring (bicyclic) bond motifs is 1. The van der Waals surface area contributed by atoms with Crippen LogP contribution in [0.5, 0.6) is 0 Å². The van der Waals surface area contributed by atoms with Crippen LogP contribution in [0.2, 0.25) is 5.02 Å². The van der Waals surface area contributed by atoms with Crippen molar-refractivity contribution in [2.75, 3.05) is 24.6 Å². The number of carbonyl (C=O) groups is 4. The number of halogens is 2. The number of hydrogen-bond acceptors (Lipinski definition) is 7. The zero-order valence-electron chi connectivity index (χ0n) is 25.3. The van der Waals surface area contributed by atoms with Gasteiger partial charge in [0.05, 0.1) is 47.8 Å². The second kappa shape index (κ2) is 14.1. The largest absolute Gasteiger partial charge is 0.460 e. The Morgan fingerprint density at radius 3 is 2.59 bits per heavy atom. The third kappa shape index (κ3) is 6.21. The van der Waals surface area contributed by atoms with Crippen molar-refractivity contribution in [2.45, 2.75) is 74.8 Å². The molecule has 3 saturated heterocycles. The molecule has 1 unspecified atom stereocenters. The smallest absolute Gasteiger partial charge is 0.312 e. The van der Waals surface area contributed by atoms with Crippen molar-refractivity contribution < 1.29 is 33.8 Å². The fourth-order valence-electron chi connectivity index (χ4n) is 6.75. The summed E-state index contributed by atoms with van der Waals surface area (Å²) >= 11 is 10.2. The van der Waals surface area contributed by atoms with E-state index in [9.17, 15) is 24.3 Å². The van der Waals surface area contributed by atoms with E-state index in [2.05, 4.69) is 34.4 Å². The first-order chi connectivity index (χ1) is 20.9.